The minimum Gasteiger partial charge on any atom is -0.444 e. The Kier molecular flexibility index (Phi) is 5.72. The Hall–Kier alpha value is -0.810. The maximum Gasteiger partial charge on any atom is 0.410 e. The number of nitrogens with one attached hydrogen (secondary N) is 1. The first-order chi connectivity index (χ1) is 10.3. The van der Waals surface area contributed by atoms with E-state index >= 15 is 0 Å². The highest BCUT2D eigenvalue weighted by Gasteiger charge is 2.30. The van der Waals surface area contributed by atoms with E-state index in [0.29, 0.717) is 5.92 Å². The molecule has 0 unspecified atom stereocenters. The van der Waals surface area contributed by atoms with Crippen LogP contribution in [0.5, 0.6) is 0 Å². The molecule has 0 saturated carbocycles. The third-order valence-electron chi connectivity index (χ3n) is 4.68. The lowest BCUT2D eigenvalue weighted by molar-refractivity contribution is 0.0167. The van der Waals surface area contributed by atoms with Crippen molar-refractivity contribution in [2.45, 2.75) is 64.5 Å². The third kappa shape index (κ3) is 5.43. The highest BCUT2D eigenvalue weighted by Crippen LogP contribution is 2.23. The zero-order valence-electron chi connectivity index (χ0n) is 14.6. The van der Waals surface area contributed by atoms with Gasteiger partial charge in [-0.25, -0.2) is 4.79 Å². The molecular formula is C17H32N2O3. The number of ether oxygens (including phenoxy) is 2. The van der Waals surface area contributed by atoms with E-state index in [1.165, 1.54) is 0 Å². The third-order valence-corrected chi connectivity index (χ3v) is 4.68. The molecule has 2 saturated heterocycles. The summed E-state index contributed by atoms with van der Waals surface area (Å²) in [6, 6.07) is 0. The average Bonchev–Trinajstić information content (AvgIpc) is 2.45. The van der Waals surface area contributed by atoms with Crippen LogP contribution >= 0.6 is 0 Å². The summed E-state index contributed by atoms with van der Waals surface area (Å²) < 4.78 is 10.9. The second-order valence-electron chi connectivity index (χ2n) is 7.96. The quantitative estimate of drug-likeness (QED) is 0.870. The lowest BCUT2D eigenvalue weighted by Crippen LogP contribution is -2.50. The summed E-state index contributed by atoms with van der Waals surface area (Å²) >= 11 is 0. The van der Waals surface area contributed by atoms with Crippen molar-refractivity contribution in [3.63, 3.8) is 0 Å². The second kappa shape index (κ2) is 7.18. The first-order valence-electron chi connectivity index (χ1n) is 8.58. The van der Waals surface area contributed by atoms with Crippen LogP contribution in [0, 0.1) is 5.92 Å². The molecule has 0 aromatic rings. The molecule has 5 nitrogen and oxygen atoms in total. The van der Waals surface area contributed by atoms with Crippen molar-refractivity contribution in [1.82, 2.24) is 10.2 Å². The van der Waals surface area contributed by atoms with Crippen LogP contribution < -0.4 is 5.32 Å². The Labute approximate surface area is 134 Å². The van der Waals surface area contributed by atoms with Crippen LogP contribution in [0.2, 0.25) is 0 Å². The molecule has 0 atom stereocenters. The zero-order chi connectivity index (χ0) is 16.2. The molecule has 2 rings (SSSR count). The summed E-state index contributed by atoms with van der Waals surface area (Å²) in [6.07, 6.45) is 4.11. The van der Waals surface area contributed by atoms with E-state index in [-0.39, 0.29) is 11.6 Å². The van der Waals surface area contributed by atoms with Gasteiger partial charge in [-0.2, -0.15) is 0 Å². The Balaban J connectivity index is 1.70. The van der Waals surface area contributed by atoms with Crippen molar-refractivity contribution >= 4 is 6.09 Å². The number of amides is 1. The molecule has 22 heavy (non-hydrogen) atoms. The highest BCUT2D eigenvalue weighted by molar-refractivity contribution is 5.68. The number of carbonyl (C=O) groups excluding carboxylic acids is 1. The number of likely N-dealkylation sites (tertiary alicyclic amines) is 1. The molecule has 0 radical (unpaired) electrons. The van der Waals surface area contributed by atoms with E-state index < -0.39 is 5.60 Å². The van der Waals surface area contributed by atoms with E-state index in [4.69, 9.17) is 9.47 Å². The predicted molar refractivity (Wildman–Crippen MR) is 87.0 cm³/mol. The number of rotatable bonds is 3. The Bertz CT molecular complexity index is 365. The van der Waals surface area contributed by atoms with Crippen molar-refractivity contribution in [3.8, 4) is 0 Å². The average molecular weight is 312 g/mol. The lowest BCUT2D eigenvalue weighted by Gasteiger charge is -2.38. The van der Waals surface area contributed by atoms with Crippen LogP contribution in [-0.2, 0) is 9.47 Å². The van der Waals surface area contributed by atoms with Crippen molar-refractivity contribution < 1.29 is 14.3 Å². The van der Waals surface area contributed by atoms with Crippen LogP contribution in [0.1, 0.15) is 53.4 Å². The number of nitrogens with zero attached hydrogens (tertiary/aromatic N) is 1. The molecule has 5 heteroatoms. The van der Waals surface area contributed by atoms with Gasteiger partial charge in [0, 0.05) is 31.8 Å². The SMILES string of the molecule is CC1(NCC2CCN(C(=O)OC(C)(C)C)CC2)CCOCC1. The largest absolute Gasteiger partial charge is 0.444 e. The number of carbonyl (C=O) groups is 1. The molecule has 128 valence electrons. The van der Waals surface area contributed by atoms with E-state index in [1.54, 1.807) is 0 Å². The minimum atomic E-state index is -0.410. The summed E-state index contributed by atoms with van der Waals surface area (Å²) in [5.74, 6) is 0.651. The van der Waals surface area contributed by atoms with Crippen LogP contribution in [-0.4, -0.2) is 55.0 Å². The Morgan fingerprint density at radius 1 is 1.27 bits per heavy atom. The van der Waals surface area contributed by atoms with Crippen LogP contribution in [0.3, 0.4) is 0 Å². The molecule has 1 amide bonds. The van der Waals surface area contributed by atoms with Crippen molar-refractivity contribution in [3.05, 3.63) is 0 Å². The highest BCUT2D eigenvalue weighted by atomic mass is 16.6. The van der Waals surface area contributed by atoms with Gasteiger partial charge in [0.1, 0.15) is 5.60 Å². The van der Waals surface area contributed by atoms with Crippen molar-refractivity contribution in [1.29, 1.82) is 0 Å². The maximum absolute atomic E-state index is 12.1. The normalized spacial score (nSPS) is 23.4. The van der Waals surface area contributed by atoms with E-state index in [0.717, 1.165) is 58.5 Å². The van der Waals surface area contributed by atoms with Crippen molar-refractivity contribution in [2.75, 3.05) is 32.8 Å². The Morgan fingerprint density at radius 3 is 2.41 bits per heavy atom. The predicted octanol–water partition coefficient (Wildman–Crippen LogP) is 2.79. The van der Waals surface area contributed by atoms with Gasteiger partial charge in [-0.15, -0.1) is 0 Å². The number of piperidine rings is 1. The Morgan fingerprint density at radius 2 is 1.86 bits per heavy atom. The first-order valence-corrected chi connectivity index (χ1v) is 8.58. The molecular weight excluding hydrogens is 280 g/mol. The molecule has 0 spiro atoms. The molecule has 2 aliphatic heterocycles. The van der Waals surface area contributed by atoms with Gasteiger partial charge < -0.3 is 19.7 Å². The molecule has 2 aliphatic rings. The van der Waals surface area contributed by atoms with Crippen LogP contribution in [0.15, 0.2) is 0 Å². The molecule has 1 N–H and O–H groups in total. The molecule has 0 aliphatic carbocycles. The van der Waals surface area contributed by atoms with Gasteiger partial charge >= 0.3 is 6.09 Å². The zero-order valence-corrected chi connectivity index (χ0v) is 14.6. The fourth-order valence-corrected chi connectivity index (χ4v) is 3.04. The molecule has 2 fully saturated rings. The summed E-state index contributed by atoms with van der Waals surface area (Å²) in [6.45, 7) is 12.4. The lowest BCUT2D eigenvalue weighted by atomic mass is 9.90. The van der Waals surface area contributed by atoms with Gasteiger partial charge in [-0.1, -0.05) is 0 Å². The number of hydrogen-bond donors (Lipinski definition) is 1. The molecule has 0 aromatic heterocycles. The van der Waals surface area contributed by atoms with Crippen LogP contribution in [0.25, 0.3) is 0 Å². The maximum atomic E-state index is 12.1. The smallest absolute Gasteiger partial charge is 0.410 e. The van der Waals surface area contributed by atoms with Gasteiger partial charge in [0.25, 0.3) is 0 Å². The van der Waals surface area contributed by atoms with Crippen LogP contribution in [0.4, 0.5) is 4.79 Å². The van der Waals surface area contributed by atoms with Gasteiger partial charge in [-0.05, 0) is 65.8 Å². The van der Waals surface area contributed by atoms with E-state index in [2.05, 4.69) is 12.2 Å². The van der Waals surface area contributed by atoms with Crippen molar-refractivity contribution in [2.24, 2.45) is 5.92 Å². The van der Waals surface area contributed by atoms with E-state index in [9.17, 15) is 4.79 Å². The molecule has 0 aromatic carbocycles. The number of hydrogen-bond acceptors (Lipinski definition) is 4. The minimum absolute atomic E-state index is 0.171. The second-order valence-corrected chi connectivity index (χ2v) is 7.96. The van der Waals surface area contributed by atoms with Gasteiger partial charge in [0.2, 0.25) is 0 Å². The fraction of sp³-hybridized carbons (Fsp3) is 0.941. The van der Waals surface area contributed by atoms with Gasteiger partial charge in [-0.3, -0.25) is 0 Å². The topological polar surface area (TPSA) is 50.8 Å². The monoisotopic (exact) mass is 312 g/mol. The summed E-state index contributed by atoms with van der Waals surface area (Å²) in [5.41, 5.74) is -0.187. The summed E-state index contributed by atoms with van der Waals surface area (Å²) in [5, 5.41) is 3.74. The molecule has 2 heterocycles. The van der Waals surface area contributed by atoms with E-state index in [1.807, 2.05) is 25.7 Å². The summed E-state index contributed by atoms with van der Waals surface area (Å²) in [7, 11) is 0. The molecule has 0 bridgehead atoms. The fourth-order valence-electron chi connectivity index (χ4n) is 3.04. The standard InChI is InChI=1S/C17H32N2O3/c1-16(2,3)22-15(20)19-9-5-14(6-10-19)13-18-17(4)7-11-21-12-8-17/h14,18H,5-13H2,1-4H3. The summed E-state index contributed by atoms with van der Waals surface area (Å²) in [4.78, 5) is 13.9. The van der Waals surface area contributed by atoms with Gasteiger partial charge in [0.15, 0.2) is 0 Å². The van der Waals surface area contributed by atoms with Gasteiger partial charge in [0.05, 0.1) is 0 Å². The first kappa shape index (κ1) is 17.5.